The van der Waals surface area contributed by atoms with Crippen molar-refractivity contribution in [3.8, 4) is 0 Å². The highest BCUT2D eigenvalue weighted by Gasteiger charge is 2.26. The van der Waals surface area contributed by atoms with Gasteiger partial charge in [0, 0.05) is 31.1 Å². The Morgan fingerprint density at radius 2 is 2.05 bits per heavy atom. The standard InChI is InChI=1S/C15H26N4S/c1-3-16-12-6-5-7-13-14(12)17-15(20-13)19-10-8-18(4-2)9-11-19/h12,16H,3-11H2,1-2H3. The van der Waals surface area contributed by atoms with Crippen molar-refractivity contribution >= 4 is 16.5 Å². The van der Waals surface area contributed by atoms with Crippen LogP contribution in [0.3, 0.4) is 0 Å². The molecule has 1 unspecified atom stereocenters. The highest BCUT2D eigenvalue weighted by molar-refractivity contribution is 7.15. The molecule has 0 amide bonds. The molecule has 0 saturated carbocycles. The third-order valence-electron chi connectivity index (χ3n) is 4.48. The molecule has 1 aliphatic heterocycles. The van der Waals surface area contributed by atoms with E-state index in [9.17, 15) is 0 Å². The highest BCUT2D eigenvalue weighted by atomic mass is 32.1. The molecule has 1 aliphatic carbocycles. The summed E-state index contributed by atoms with van der Waals surface area (Å²) in [5.74, 6) is 0. The Kier molecular flexibility index (Phi) is 4.58. The van der Waals surface area contributed by atoms with Crippen molar-refractivity contribution in [2.24, 2.45) is 0 Å². The topological polar surface area (TPSA) is 31.4 Å². The number of rotatable bonds is 4. The van der Waals surface area contributed by atoms with Gasteiger partial charge in [-0.05, 0) is 32.4 Å². The van der Waals surface area contributed by atoms with Crippen molar-refractivity contribution < 1.29 is 0 Å². The van der Waals surface area contributed by atoms with Gasteiger partial charge in [0.15, 0.2) is 5.13 Å². The normalized spacial score (nSPS) is 23.9. The van der Waals surface area contributed by atoms with Gasteiger partial charge in [-0.3, -0.25) is 0 Å². The Morgan fingerprint density at radius 3 is 2.75 bits per heavy atom. The fraction of sp³-hybridized carbons (Fsp3) is 0.800. The third-order valence-corrected chi connectivity index (χ3v) is 5.68. The lowest BCUT2D eigenvalue weighted by molar-refractivity contribution is 0.271. The molecule has 1 aromatic heterocycles. The van der Waals surface area contributed by atoms with Gasteiger partial charge < -0.3 is 15.1 Å². The number of aromatic nitrogens is 1. The summed E-state index contributed by atoms with van der Waals surface area (Å²) < 4.78 is 0. The minimum absolute atomic E-state index is 0.491. The van der Waals surface area contributed by atoms with Crippen molar-refractivity contribution in [2.45, 2.75) is 39.2 Å². The summed E-state index contributed by atoms with van der Waals surface area (Å²) in [5.41, 5.74) is 1.34. The van der Waals surface area contributed by atoms with E-state index in [2.05, 4.69) is 29.0 Å². The molecule has 1 N–H and O–H groups in total. The van der Waals surface area contributed by atoms with Crippen LogP contribution in [0.4, 0.5) is 5.13 Å². The first-order chi connectivity index (χ1) is 9.81. The van der Waals surface area contributed by atoms with Crippen LogP contribution >= 0.6 is 11.3 Å². The number of thiazole rings is 1. The third kappa shape index (κ3) is 2.85. The predicted molar refractivity (Wildman–Crippen MR) is 85.8 cm³/mol. The molecule has 112 valence electrons. The number of hydrogen-bond acceptors (Lipinski definition) is 5. The quantitative estimate of drug-likeness (QED) is 0.923. The molecule has 1 fully saturated rings. The average Bonchev–Trinajstić information content (AvgIpc) is 2.93. The number of piperazine rings is 1. The van der Waals surface area contributed by atoms with Crippen LogP contribution in [0.5, 0.6) is 0 Å². The zero-order valence-electron chi connectivity index (χ0n) is 12.7. The number of fused-ring (bicyclic) bond motifs is 1. The first kappa shape index (κ1) is 14.3. The number of hydrogen-bond donors (Lipinski definition) is 1. The van der Waals surface area contributed by atoms with Crippen LogP contribution in [0.1, 0.15) is 43.3 Å². The van der Waals surface area contributed by atoms with Gasteiger partial charge in [-0.1, -0.05) is 13.8 Å². The lowest BCUT2D eigenvalue weighted by Crippen LogP contribution is -2.46. The second kappa shape index (κ2) is 6.41. The van der Waals surface area contributed by atoms with Crippen molar-refractivity contribution in [1.29, 1.82) is 0 Å². The Hall–Kier alpha value is -0.650. The SMILES string of the molecule is CCNC1CCCc2sc(N3CCN(CC)CC3)nc21. The number of anilines is 1. The van der Waals surface area contributed by atoms with Crippen LogP contribution in [0.2, 0.25) is 0 Å². The molecule has 0 spiro atoms. The van der Waals surface area contributed by atoms with Crippen LogP contribution in [-0.2, 0) is 6.42 Å². The lowest BCUT2D eigenvalue weighted by atomic mass is 9.98. The molecular formula is C15H26N4S. The van der Waals surface area contributed by atoms with Gasteiger partial charge in [0.05, 0.1) is 11.7 Å². The van der Waals surface area contributed by atoms with Gasteiger partial charge in [-0.15, -0.1) is 11.3 Å². The Bertz CT molecular complexity index is 437. The summed E-state index contributed by atoms with van der Waals surface area (Å²) in [7, 11) is 0. The highest BCUT2D eigenvalue weighted by Crippen LogP contribution is 2.36. The van der Waals surface area contributed by atoms with Gasteiger partial charge in [0.2, 0.25) is 0 Å². The molecule has 1 atom stereocenters. The van der Waals surface area contributed by atoms with Crippen molar-refractivity contribution in [3.05, 3.63) is 10.6 Å². The van der Waals surface area contributed by atoms with Gasteiger partial charge in [0.25, 0.3) is 0 Å². The van der Waals surface area contributed by atoms with Crippen molar-refractivity contribution in [3.63, 3.8) is 0 Å². The van der Waals surface area contributed by atoms with E-state index in [0.717, 1.165) is 19.6 Å². The second-order valence-corrected chi connectivity index (χ2v) is 6.79. The number of nitrogens with zero attached hydrogens (tertiary/aromatic N) is 3. The van der Waals surface area contributed by atoms with E-state index in [4.69, 9.17) is 4.98 Å². The molecule has 0 bridgehead atoms. The summed E-state index contributed by atoms with van der Waals surface area (Å²) in [6.07, 6.45) is 3.77. The van der Waals surface area contributed by atoms with E-state index in [1.54, 1.807) is 0 Å². The minimum atomic E-state index is 0.491. The van der Waals surface area contributed by atoms with Crippen molar-refractivity contribution in [2.75, 3.05) is 44.2 Å². The first-order valence-corrected chi connectivity index (χ1v) is 8.83. The summed E-state index contributed by atoms with van der Waals surface area (Å²) in [6.45, 7) is 11.3. The Balaban J connectivity index is 1.72. The van der Waals surface area contributed by atoms with E-state index in [-0.39, 0.29) is 0 Å². The van der Waals surface area contributed by atoms with E-state index >= 15 is 0 Å². The van der Waals surface area contributed by atoms with Crippen molar-refractivity contribution in [1.82, 2.24) is 15.2 Å². The molecule has 3 rings (SSSR count). The summed E-state index contributed by atoms with van der Waals surface area (Å²) in [6, 6.07) is 0.491. The maximum absolute atomic E-state index is 4.99. The largest absolute Gasteiger partial charge is 0.346 e. The predicted octanol–water partition coefficient (Wildman–Crippen LogP) is 2.27. The van der Waals surface area contributed by atoms with E-state index in [1.165, 1.54) is 54.6 Å². The fourth-order valence-electron chi connectivity index (χ4n) is 3.24. The second-order valence-electron chi connectivity index (χ2n) is 5.73. The number of aryl methyl sites for hydroxylation is 1. The maximum Gasteiger partial charge on any atom is 0.185 e. The van der Waals surface area contributed by atoms with E-state index in [1.807, 2.05) is 11.3 Å². The molecule has 1 saturated heterocycles. The number of likely N-dealkylation sites (N-methyl/N-ethyl adjacent to an activating group) is 1. The maximum atomic E-state index is 4.99. The van der Waals surface area contributed by atoms with E-state index < -0.39 is 0 Å². The zero-order valence-corrected chi connectivity index (χ0v) is 13.5. The molecule has 2 heterocycles. The van der Waals surface area contributed by atoms with Crippen LogP contribution in [-0.4, -0.2) is 49.2 Å². The smallest absolute Gasteiger partial charge is 0.185 e. The number of nitrogens with one attached hydrogen (secondary N) is 1. The Morgan fingerprint density at radius 1 is 1.25 bits per heavy atom. The zero-order chi connectivity index (χ0) is 13.9. The van der Waals surface area contributed by atoms with Gasteiger partial charge in [0.1, 0.15) is 0 Å². The Labute approximate surface area is 126 Å². The first-order valence-electron chi connectivity index (χ1n) is 8.02. The molecule has 20 heavy (non-hydrogen) atoms. The average molecular weight is 294 g/mol. The van der Waals surface area contributed by atoms with Crippen LogP contribution < -0.4 is 10.2 Å². The van der Waals surface area contributed by atoms with E-state index in [0.29, 0.717) is 6.04 Å². The molecule has 1 aromatic rings. The minimum Gasteiger partial charge on any atom is -0.346 e. The molecular weight excluding hydrogens is 268 g/mol. The monoisotopic (exact) mass is 294 g/mol. The molecule has 0 radical (unpaired) electrons. The molecule has 5 heteroatoms. The summed E-state index contributed by atoms with van der Waals surface area (Å²) in [5, 5.41) is 4.85. The molecule has 2 aliphatic rings. The lowest BCUT2D eigenvalue weighted by Gasteiger charge is -2.33. The molecule has 0 aromatic carbocycles. The van der Waals surface area contributed by atoms with Gasteiger partial charge in [-0.2, -0.15) is 0 Å². The fourth-order valence-corrected chi connectivity index (χ4v) is 4.46. The van der Waals surface area contributed by atoms with Gasteiger partial charge >= 0.3 is 0 Å². The molecule has 4 nitrogen and oxygen atoms in total. The summed E-state index contributed by atoms with van der Waals surface area (Å²) >= 11 is 1.94. The van der Waals surface area contributed by atoms with Crippen LogP contribution in [0, 0.1) is 0 Å². The van der Waals surface area contributed by atoms with Crippen LogP contribution in [0.15, 0.2) is 0 Å². The summed E-state index contributed by atoms with van der Waals surface area (Å²) in [4.78, 5) is 11.5. The van der Waals surface area contributed by atoms with Crippen LogP contribution in [0.25, 0.3) is 0 Å². The van der Waals surface area contributed by atoms with Gasteiger partial charge in [-0.25, -0.2) is 4.98 Å².